The Labute approximate surface area is 545 Å². The molecular weight excluding hydrogens is 1110 g/mol. The molecule has 0 radical (unpaired) electrons. The van der Waals surface area contributed by atoms with Crippen molar-refractivity contribution in [3.05, 3.63) is 21.6 Å². The Morgan fingerprint density at radius 1 is 0.539 bits per heavy atom. The van der Waals surface area contributed by atoms with E-state index >= 15 is 0 Å². The minimum Gasteiger partial charge on any atom is -0.449 e. The number of anilines is 1. The summed E-state index contributed by atoms with van der Waals surface area (Å²) in [6.45, 7) is 29.9. The number of aromatic amines is 1. The second-order valence-corrected chi connectivity index (χ2v) is 29.0. The summed E-state index contributed by atoms with van der Waals surface area (Å²) in [4.78, 5) is 69.8. The summed E-state index contributed by atoms with van der Waals surface area (Å²) in [7, 11) is 0. The normalized spacial score (nSPS) is 18.2. The van der Waals surface area contributed by atoms with Crippen LogP contribution in [0.15, 0.2) is 4.79 Å². The molecule has 520 valence electrons. The number of unbranched alkanes of at least 4 members (excludes halogenated alkanes) is 24. The van der Waals surface area contributed by atoms with Crippen LogP contribution in [-0.4, -0.2) is 79.3 Å². The fraction of sp³-hybridized carbons (Fsp3) is 0.892. The van der Waals surface area contributed by atoms with Gasteiger partial charge >= 0.3 is 24.3 Å². The highest BCUT2D eigenvalue weighted by Crippen LogP contribution is 2.46. The molecule has 5 atom stereocenters. The van der Waals surface area contributed by atoms with Crippen molar-refractivity contribution in [2.75, 3.05) is 38.2 Å². The third-order valence-electron chi connectivity index (χ3n) is 18.1. The fourth-order valence-corrected chi connectivity index (χ4v) is 13.5. The van der Waals surface area contributed by atoms with E-state index in [4.69, 9.17) is 14.2 Å². The SMILES string of the molecule is CCC.CCCCCCCCCCC(CCCCCCCC)COC(=O)NC1CC(C)(C)CC(C)(CNC(=O)Nc2nc(C)c(CCOC(=O)NCC)c(=O)[nH]2)C1.CCCCCCCCCCC(CCCCCCCC)COC(=O)NC1CCCC(C)(C)C1. The Morgan fingerprint density at radius 3 is 1.37 bits per heavy atom. The fourth-order valence-electron chi connectivity index (χ4n) is 13.5. The molecule has 0 aromatic carbocycles. The first kappa shape index (κ1) is 83.0. The molecule has 0 spiro atoms. The molecule has 0 aliphatic heterocycles. The summed E-state index contributed by atoms with van der Waals surface area (Å²) in [5.41, 5.74) is 0.431. The molecule has 15 heteroatoms. The van der Waals surface area contributed by atoms with Gasteiger partial charge in [0.05, 0.1) is 25.5 Å². The summed E-state index contributed by atoms with van der Waals surface area (Å²) in [5, 5.41) is 14.5. The highest BCUT2D eigenvalue weighted by atomic mass is 16.6. The first-order chi connectivity index (χ1) is 42.7. The van der Waals surface area contributed by atoms with Gasteiger partial charge in [-0.05, 0) is 106 Å². The third-order valence-corrected chi connectivity index (χ3v) is 18.1. The van der Waals surface area contributed by atoms with E-state index in [-0.39, 0.29) is 54.1 Å². The van der Waals surface area contributed by atoms with Crippen molar-refractivity contribution in [2.45, 2.75) is 365 Å². The van der Waals surface area contributed by atoms with E-state index in [1.165, 1.54) is 212 Å². The molecule has 2 aliphatic rings. The number of hydrogen-bond donors (Lipinski definition) is 6. The Morgan fingerprint density at radius 2 is 0.955 bits per heavy atom. The molecule has 2 saturated carbocycles. The second-order valence-electron chi connectivity index (χ2n) is 29.0. The summed E-state index contributed by atoms with van der Waals surface area (Å²) >= 11 is 0. The van der Waals surface area contributed by atoms with Crippen LogP contribution in [-0.2, 0) is 20.6 Å². The van der Waals surface area contributed by atoms with Gasteiger partial charge in [-0.25, -0.2) is 24.2 Å². The molecule has 2 aliphatic carbocycles. The number of aromatic nitrogens is 2. The number of carbonyl (C=O) groups excluding carboxylic acids is 4. The third kappa shape index (κ3) is 44.2. The number of alkyl carbamates (subject to hydrolysis) is 3. The van der Waals surface area contributed by atoms with Crippen molar-refractivity contribution >= 4 is 30.3 Å². The maximum atomic E-state index is 13.2. The highest BCUT2D eigenvalue weighted by molar-refractivity contribution is 5.87. The first-order valence-corrected chi connectivity index (χ1v) is 37.1. The molecular formula is C74H141N7O8. The maximum absolute atomic E-state index is 13.2. The monoisotopic (exact) mass is 1260 g/mol. The van der Waals surface area contributed by atoms with Crippen LogP contribution in [0.1, 0.15) is 351 Å². The number of H-pyrrole nitrogens is 1. The largest absolute Gasteiger partial charge is 0.449 e. The molecule has 2 fully saturated rings. The first-order valence-electron chi connectivity index (χ1n) is 37.1. The van der Waals surface area contributed by atoms with Crippen molar-refractivity contribution in [1.29, 1.82) is 0 Å². The zero-order valence-electron chi connectivity index (χ0n) is 60.0. The lowest BCUT2D eigenvalue weighted by Crippen LogP contribution is -2.51. The summed E-state index contributed by atoms with van der Waals surface area (Å²) in [6, 6.07) is -0.270. The number of nitrogens with zero attached hydrogens (tertiary/aromatic N) is 1. The maximum Gasteiger partial charge on any atom is 0.407 e. The van der Waals surface area contributed by atoms with Gasteiger partial charge in [-0.3, -0.25) is 15.1 Å². The van der Waals surface area contributed by atoms with Crippen LogP contribution in [0, 0.1) is 35.0 Å². The van der Waals surface area contributed by atoms with Gasteiger partial charge in [0.15, 0.2) is 0 Å². The van der Waals surface area contributed by atoms with E-state index in [0.29, 0.717) is 61.2 Å². The molecule has 0 bridgehead atoms. The van der Waals surface area contributed by atoms with E-state index in [9.17, 15) is 24.0 Å². The lowest BCUT2D eigenvalue weighted by atomic mass is 9.62. The number of ether oxygens (including phenoxy) is 3. The predicted octanol–water partition coefficient (Wildman–Crippen LogP) is 20.7. The van der Waals surface area contributed by atoms with Crippen LogP contribution in [0.2, 0.25) is 0 Å². The van der Waals surface area contributed by atoms with Crippen molar-refractivity contribution in [3.63, 3.8) is 0 Å². The van der Waals surface area contributed by atoms with E-state index in [1.807, 2.05) is 0 Å². The molecule has 1 aromatic rings. The van der Waals surface area contributed by atoms with Crippen LogP contribution in [0.25, 0.3) is 0 Å². The van der Waals surface area contributed by atoms with Crippen LogP contribution < -0.4 is 32.1 Å². The van der Waals surface area contributed by atoms with E-state index < -0.39 is 17.7 Å². The number of hydrogen-bond acceptors (Lipinski definition) is 9. The van der Waals surface area contributed by atoms with Crippen LogP contribution in [0.3, 0.4) is 0 Å². The van der Waals surface area contributed by atoms with Crippen molar-refractivity contribution in [1.82, 2.24) is 31.2 Å². The number of amides is 5. The van der Waals surface area contributed by atoms with Gasteiger partial charge in [0, 0.05) is 37.2 Å². The molecule has 3 rings (SSSR count). The van der Waals surface area contributed by atoms with Gasteiger partial charge in [-0.15, -0.1) is 0 Å². The number of urea groups is 1. The Kier molecular flexibility index (Phi) is 48.0. The van der Waals surface area contributed by atoms with E-state index in [2.05, 4.69) is 113 Å². The van der Waals surface area contributed by atoms with Crippen molar-refractivity contribution in [3.8, 4) is 0 Å². The number of nitrogens with one attached hydrogen (secondary N) is 6. The van der Waals surface area contributed by atoms with Crippen LogP contribution >= 0.6 is 0 Å². The van der Waals surface area contributed by atoms with Gasteiger partial charge in [0.25, 0.3) is 5.56 Å². The van der Waals surface area contributed by atoms with Gasteiger partial charge < -0.3 is 35.5 Å². The van der Waals surface area contributed by atoms with Crippen LogP contribution in [0.5, 0.6) is 0 Å². The molecule has 1 aromatic heterocycles. The topological polar surface area (TPSA) is 202 Å². The zero-order valence-corrected chi connectivity index (χ0v) is 60.0. The standard InChI is InChI=1S/C42H76N6O6.C29H57NO2.C3H8/c1-8-11-13-15-17-18-20-22-24-33(23-21-19-16-14-12-9-2)29-54-40(52)46-34-27-41(5,6)30-42(7,28-34)31-44-38(50)48-37-45-32(4)35(36(49)47-37)25-26-53-39(51)43-10-3;1-5-7-9-11-13-14-16-18-21-26(20-17-15-12-10-8-6-2)25-32-28(31)30-27-22-19-23-29(3,4)24-27;1-3-2/h33-34H,8-31H2,1-7H3,(H,43,51)(H,46,52)(H3,44,45,47,48,49,50);26-27H,5-25H2,1-4H3,(H,30,31);3H2,1-2H3. The molecule has 15 nitrogen and oxygen atoms in total. The Balaban J connectivity index is 0.000000959. The second kappa shape index (κ2) is 51.5. The summed E-state index contributed by atoms with van der Waals surface area (Å²) in [6.07, 6.45) is 48.9. The average molecular weight is 1260 g/mol. The van der Waals surface area contributed by atoms with E-state index in [0.717, 1.165) is 38.5 Å². The molecule has 0 saturated heterocycles. The Bertz CT molecular complexity index is 2010. The summed E-state index contributed by atoms with van der Waals surface area (Å²) < 4.78 is 16.7. The highest BCUT2D eigenvalue weighted by Gasteiger charge is 2.42. The van der Waals surface area contributed by atoms with Gasteiger partial charge in [0.2, 0.25) is 5.95 Å². The predicted molar refractivity (Wildman–Crippen MR) is 373 cm³/mol. The lowest BCUT2D eigenvalue weighted by Gasteiger charge is -2.46. The smallest absolute Gasteiger partial charge is 0.407 e. The zero-order chi connectivity index (χ0) is 66.0. The molecule has 6 N–H and O–H groups in total. The van der Waals surface area contributed by atoms with Gasteiger partial charge in [-0.1, -0.05) is 269 Å². The Hall–Kier alpha value is -4.04. The van der Waals surface area contributed by atoms with Crippen LogP contribution in [0.4, 0.5) is 25.1 Å². The van der Waals surface area contributed by atoms with Crippen molar-refractivity contribution in [2.24, 2.45) is 28.1 Å². The number of carbonyl (C=O) groups is 4. The molecule has 5 amide bonds. The van der Waals surface area contributed by atoms with E-state index in [1.54, 1.807) is 13.8 Å². The molecule has 1 heterocycles. The minimum absolute atomic E-state index is 0.0341. The summed E-state index contributed by atoms with van der Waals surface area (Å²) in [5.74, 6) is 0.974. The lowest BCUT2D eigenvalue weighted by molar-refractivity contribution is 0.0635. The van der Waals surface area contributed by atoms with Crippen molar-refractivity contribution < 1.29 is 33.4 Å². The van der Waals surface area contributed by atoms with Gasteiger partial charge in [-0.2, -0.15) is 0 Å². The average Bonchev–Trinajstić information content (AvgIpc) is 1.86. The minimum atomic E-state index is -0.543. The molecule has 89 heavy (non-hydrogen) atoms. The number of aryl methyl sites for hydroxylation is 1. The molecule has 5 unspecified atom stereocenters. The number of rotatable bonds is 45. The quantitative estimate of drug-likeness (QED) is 0.0271. The van der Waals surface area contributed by atoms with Gasteiger partial charge in [0.1, 0.15) is 0 Å².